The monoisotopic (exact) mass is 214 g/mol. The highest BCUT2D eigenvalue weighted by atomic mass is 16.7. The summed E-state index contributed by atoms with van der Waals surface area (Å²) in [4.78, 5) is 11.3. The molecule has 0 aromatic heterocycles. The molecule has 5 nitrogen and oxygen atoms in total. The molecule has 1 saturated heterocycles. The lowest BCUT2D eigenvalue weighted by Gasteiger charge is -2.17. The van der Waals surface area contributed by atoms with E-state index in [-0.39, 0.29) is 12.1 Å². The molecule has 1 saturated carbocycles. The minimum atomic E-state index is -0.515. The van der Waals surface area contributed by atoms with Gasteiger partial charge in [-0.2, -0.15) is 0 Å². The van der Waals surface area contributed by atoms with Gasteiger partial charge in [0.2, 0.25) is 0 Å². The third kappa shape index (κ3) is 3.35. The Kier molecular flexibility index (Phi) is 2.84. The summed E-state index contributed by atoms with van der Waals surface area (Å²) in [5.41, 5.74) is 0. The first-order valence-electron chi connectivity index (χ1n) is 5.41. The zero-order valence-corrected chi connectivity index (χ0v) is 9.21. The zero-order chi connectivity index (χ0) is 10.9. The van der Waals surface area contributed by atoms with Gasteiger partial charge < -0.3 is 20.1 Å². The Balaban J connectivity index is 1.63. The SMILES string of the molecule is CC1(C)OCC(CNC(=O)NC2CC2)O1. The second-order valence-corrected chi connectivity index (χ2v) is 4.58. The van der Waals surface area contributed by atoms with Crippen molar-refractivity contribution in [2.75, 3.05) is 13.2 Å². The average Bonchev–Trinajstić information content (AvgIpc) is 2.87. The van der Waals surface area contributed by atoms with Crippen molar-refractivity contribution in [1.29, 1.82) is 0 Å². The van der Waals surface area contributed by atoms with Crippen LogP contribution in [0.15, 0.2) is 0 Å². The van der Waals surface area contributed by atoms with E-state index in [1.165, 1.54) is 0 Å². The van der Waals surface area contributed by atoms with Gasteiger partial charge in [-0.3, -0.25) is 0 Å². The molecule has 0 spiro atoms. The number of carbonyl (C=O) groups is 1. The number of nitrogens with one attached hydrogen (secondary N) is 2. The van der Waals surface area contributed by atoms with Gasteiger partial charge in [-0.1, -0.05) is 0 Å². The van der Waals surface area contributed by atoms with Crippen molar-refractivity contribution in [3.63, 3.8) is 0 Å². The van der Waals surface area contributed by atoms with Crippen LogP contribution in [0.1, 0.15) is 26.7 Å². The number of urea groups is 1. The Morgan fingerprint density at radius 1 is 1.47 bits per heavy atom. The second kappa shape index (κ2) is 3.98. The van der Waals surface area contributed by atoms with Crippen LogP contribution in [0.5, 0.6) is 0 Å². The van der Waals surface area contributed by atoms with Crippen LogP contribution in [0.25, 0.3) is 0 Å². The molecule has 0 aromatic rings. The zero-order valence-electron chi connectivity index (χ0n) is 9.21. The minimum Gasteiger partial charge on any atom is -0.348 e. The summed E-state index contributed by atoms with van der Waals surface area (Å²) >= 11 is 0. The Morgan fingerprint density at radius 3 is 2.73 bits per heavy atom. The fraction of sp³-hybridized carbons (Fsp3) is 0.900. The van der Waals surface area contributed by atoms with Crippen LogP contribution in [0.2, 0.25) is 0 Å². The third-order valence-corrected chi connectivity index (χ3v) is 2.47. The van der Waals surface area contributed by atoms with Gasteiger partial charge in [0.15, 0.2) is 5.79 Å². The van der Waals surface area contributed by atoms with Crippen LogP contribution >= 0.6 is 0 Å². The summed E-state index contributed by atoms with van der Waals surface area (Å²) in [5, 5.41) is 5.63. The van der Waals surface area contributed by atoms with E-state index in [9.17, 15) is 4.79 Å². The highest BCUT2D eigenvalue weighted by Crippen LogP contribution is 2.21. The number of amides is 2. The Labute approximate surface area is 89.5 Å². The van der Waals surface area contributed by atoms with Crippen LogP contribution in [-0.4, -0.2) is 37.1 Å². The number of hydrogen-bond acceptors (Lipinski definition) is 3. The summed E-state index contributed by atoms with van der Waals surface area (Å²) in [6, 6.07) is 0.285. The summed E-state index contributed by atoms with van der Waals surface area (Å²) in [7, 11) is 0. The van der Waals surface area contributed by atoms with Crippen molar-refractivity contribution in [3.05, 3.63) is 0 Å². The molecule has 15 heavy (non-hydrogen) atoms. The molecule has 0 radical (unpaired) electrons. The van der Waals surface area contributed by atoms with E-state index in [4.69, 9.17) is 9.47 Å². The molecule has 1 heterocycles. The van der Waals surface area contributed by atoms with Crippen molar-refractivity contribution in [3.8, 4) is 0 Å². The van der Waals surface area contributed by atoms with Gasteiger partial charge in [0, 0.05) is 12.6 Å². The molecule has 2 aliphatic rings. The predicted molar refractivity (Wildman–Crippen MR) is 54.5 cm³/mol. The second-order valence-electron chi connectivity index (χ2n) is 4.58. The predicted octanol–water partition coefficient (Wildman–Crippen LogP) is 0.600. The summed E-state index contributed by atoms with van der Waals surface area (Å²) < 4.78 is 10.9. The van der Waals surface area contributed by atoms with Crippen LogP contribution in [0, 0.1) is 0 Å². The molecular weight excluding hydrogens is 196 g/mol. The number of ether oxygens (including phenoxy) is 2. The number of rotatable bonds is 3. The molecular formula is C10H18N2O3. The fourth-order valence-electron chi connectivity index (χ4n) is 1.53. The molecule has 2 amide bonds. The van der Waals surface area contributed by atoms with E-state index in [2.05, 4.69) is 10.6 Å². The Hall–Kier alpha value is -0.810. The maximum atomic E-state index is 11.3. The first-order chi connectivity index (χ1) is 7.05. The van der Waals surface area contributed by atoms with E-state index in [1.807, 2.05) is 13.8 Å². The lowest BCUT2D eigenvalue weighted by Crippen LogP contribution is -2.41. The summed E-state index contributed by atoms with van der Waals surface area (Å²) in [6.45, 7) is 4.78. The number of carbonyl (C=O) groups excluding carboxylic acids is 1. The molecule has 2 N–H and O–H groups in total. The molecule has 2 rings (SSSR count). The van der Waals surface area contributed by atoms with Gasteiger partial charge in [-0.15, -0.1) is 0 Å². The Morgan fingerprint density at radius 2 is 2.20 bits per heavy atom. The van der Waals surface area contributed by atoms with Crippen LogP contribution in [-0.2, 0) is 9.47 Å². The molecule has 1 atom stereocenters. The first kappa shape index (κ1) is 10.7. The molecule has 0 bridgehead atoms. The standard InChI is InChI=1S/C10H18N2O3/c1-10(2)14-6-8(15-10)5-11-9(13)12-7-3-4-7/h7-8H,3-6H2,1-2H3,(H2,11,12,13). The van der Waals surface area contributed by atoms with Crippen molar-refractivity contribution < 1.29 is 14.3 Å². The minimum absolute atomic E-state index is 0.0371. The highest BCUT2D eigenvalue weighted by Gasteiger charge is 2.32. The summed E-state index contributed by atoms with van der Waals surface area (Å²) in [5.74, 6) is -0.515. The maximum absolute atomic E-state index is 11.3. The van der Waals surface area contributed by atoms with Gasteiger partial charge in [0.05, 0.1) is 6.61 Å². The van der Waals surface area contributed by atoms with Crippen LogP contribution in [0.4, 0.5) is 4.79 Å². The molecule has 86 valence electrons. The van der Waals surface area contributed by atoms with E-state index in [1.54, 1.807) is 0 Å². The van der Waals surface area contributed by atoms with Gasteiger partial charge in [-0.05, 0) is 26.7 Å². The smallest absolute Gasteiger partial charge is 0.315 e. The molecule has 0 aromatic carbocycles. The van der Waals surface area contributed by atoms with Crippen molar-refractivity contribution in [1.82, 2.24) is 10.6 Å². The molecule has 1 aliphatic heterocycles. The first-order valence-corrected chi connectivity index (χ1v) is 5.41. The quantitative estimate of drug-likeness (QED) is 0.723. The largest absolute Gasteiger partial charge is 0.348 e. The van der Waals surface area contributed by atoms with E-state index in [0.29, 0.717) is 19.2 Å². The van der Waals surface area contributed by atoms with Crippen LogP contribution < -0.4 is 10.6 Å². The van der Waals surface area contributed by atoms with E-state index < -0.39 is 5.79 Å². The third-order valence-electron chi connectivity index (χ3n) is 2.47. The fourth-order valence-corrected chi connectivity index (χ4v) is 1.53. The lowest BCUT2D eigenvalue weighted by molar-refractivity contribution is -0.137. The van der Waals surface area contributed by atoms with Gasteiger partial charge in [0.25, 0.3) is 0 Å². The lowest BCUT2D eigenvalue weighted by atomic mass is 10.4. The van der Waals surface area contributed by atoms with Crippen molar-refractivity contribution >= 4 is 6.03 Å². The average molecular weight is 214 g/mol. The topological polar surface area (TPSA) is 59.6 Å². The van der Waals surface area contributed by atoms with Crippen molar-refractivity contribution in [2.45, 2.75) is 44.6 Å². The van der Waals surface area contributed by atoms with Gasteiger partial charge in [0.1, 0.15) is 6.10 Å². The normalized spacial score (nSPS) is 28.8. The molecule has 2 fully saturated rings. The van der Waals surface area contributed by atoms with Crippen molar-refractivity contribution in [2.24, 2.45) is 0 Å². The van der Waals surface area contributed by atoms with E-state index in [0.717, 1.165) is 12.8 Å². The van der Waals surface area contributed by atoms with Gasteiger partial charge in [-0.25, -0.2) is 4.79 Å². The molecule has 1 unspecified atom stereocenters. The highest BCUT2D eigenvalue weighted by molar-refractivity contribution is 5.74. The van der Waals surface area contributed by atoms with Gasteiger partial charge >= 0.3 is 6.03 Å². The van der Waals surface area contributed by atoms with Crippen LogP contribution in [0.3, 0.4) is 0 Å². The maximum Gasteiger partial charge on any atom is 0.315 e. The van der Waals surface area contributed by atoms with E-state index >= 15 is 0 Å². The molecule has 1 aliphatic carbocycles. The number of hydrogen-bond donors (Lipinski definition) is 2. The Bertz CT molecular complexity index is 251. The summed E-state index contributed by atoms with van der Waals surface area (Å²) in [6.07, 6.45) is 2.16. The molecule has 5 heteroatoms.